The summed E-state index contributed by atoms with van der Waals surface area (Å²) >= 11 is 0. The summed E-state index contributed by atoms with van der Waals surface area (Å²) in [5.74, 6) is 0.256. The number of carbonyl (C=O) groups excluding carboxylic acids is 1. The molecule has 0 spiro atoms. The Labute approximate surface area is 115 Å². The number of nitrogens with two attached hydrogens (primary N) is 2. The van der Waals surface area contributed by atoms with Crippen molar-refractivity contribution in [3.05, 3.63) is 22.9 Å². The van der Waals surface area contributed by atoms with Gasteiger partial charge in [0.1, 0.15) is 5.82 Å². The quantitative estimate of drug-likeness (QED) is 0.728. The number of aryl methyl sites for hydroxylation is 2. The Bertz CT molecular complexity index is 445. The van der Waals surface area contributed by atoms with Crippen molar-refractivity contribution >= 4 is 11.7 Å². The smallest absolute Gasteiger partial charge is 0.252 e. The van der Waals surface area contributed by atoms with E-state index in [2.05, 4.69) is 4.98 Å². The number of nitrogens with zero attached hydrogens (tertiary/aromatic N) is 2. The van der Waals surface area contributed by atoms with Crippen molar-refractivity contribution in [2.75, 3.05) is 25.0 Å². The molecule has 5 heteroatoms. The normalized spacial score (nSPS) is 10.5. The fraction of sp³-hybridized carbons (Fsp3) is 0.571. The number of aromatic nitrogens is 1. The topological polar surface area (TPSA) is 85.2 Å². The summed E-state index contributed by atoms with van der Waals surface area (Å²) in [6, 6.07) is 1.88. The molecule has 5 nitrogen and oxygen atoms in total. The van der Waals surface area contributed by atoms with Crippen molar-refractivity contribution in [2.45, 2.75) is 33.1 Å². The van der Waals surface area contributed by atoms with Gasteiger partial charge in [-0.3, -0.25) is 4.79 Å². The van der Waals surface area contributed by atoms with E-state index in [1.807, 2.05) is 31.9 Å². The molecule has 0 aromatic carbocycles. The molecule has 0 radical (unpaired) electrons. The summed E-state index contributed by atoms with van der Waals surface area (Å²) in [6.45, 7) is 5.37. The summed E-state index contributed by atoms with van der Waals surface area (Å²) in [6.07, 6.45) is 3.13. The third kappa shape index (κ3) is 4.21. The number of primary amides is 1. The van der Waals surface area contributed by atoms with Crippen LogP contribution >= 0.6 is 0 Å². The van der Waals surface area contributed by atoms with Crippen LogP contribution in [0.3, 0.4) is 0 Å². The van der Waals surface area contributed by atoms with Gasteiger partial charge in [-0.2, -0.15) is 0 Å². The molecule has 0 aliphatic carbocycles. The van der Waals surface area contributed by atoms with E-state index < -0.39 is 5.91 Å². The van der Waals surface area contributed by atoms with Gasteiger partial charge in [0.25, 0.3) is 5.91 Å². The maximum atomic E-state index is 11.6. The molecule has 19 heavy (non-hydrogen) atoms. The Morgan fingerprint density at radius 2 is 2.00 bits per heavy atom. The molecule has 1 amide bonds. The Morgan fingerprint density at radius 3 is 2.58 bits per heavy atom. The van der Waals surface area contributed by atoms with Gasteiger partial charge in [0.2, 0.25) is 0 Å². The highest BCUT2D eigenvalue weighted by Gasteiger charge is 2.16. The second-order valence-corrected chi connectivity index (χ2v) is 4.91. The maximum absolute atomic E-state index is 11.6. The number of rotatable bonds is 7. The first-order chi connectivity index (χ1) is 8.97. The summed E-state index contributed by atoms with van der Waals surface area (Å²) in [7, 11) is 1.94. The van der Waals surface area contributed by atoms with Crippen molar-refractivity contribution in [1.82, 2.24) is 4.98 Å². The number of hydrogen-bond acceptors (Lipinski definition) is 4. The number of amides is 1. The Kier molecular flexibility index (Phi) is 5.76. The molecule has 0 fully saturated rings. The van der Waals surface area contributed by atoms with E-state index in [1.54, 1.807) is 0 Å². The van der Waals surface area contributed by atoms with Crippen LogP contribution in [0, 0.1) is 13.8 Å². The zero-order valence-electron chi connectivity index (χ0n) is 12.1. The van der Waals surface area contributed by atoms with E-state index in [9.17, 15) is 4.79 Å². The van der Waals surface area contributed by atoms with Gasteiger partial charge in [-0.25, -0.2) is 4.98 Å². The maximum Gasteiger partial charge on any atom is 0.252 e. The third-order valence-corrected chi connectivity index (χ3v) is 3.13. The molecule has 4 N–H and O–H groups in total. The molecular formula is C14H24N4O. The van der Waals surface area contributed by atoms with Crippen LogP contribution in [0.5, 0.6) is 0 Å². The lowest BCUT2D eigenvalue weighted by atomic mass is 10.1. The van der Waals surface area contributed by atoms with E-state index in [0.717, 1.165) is 43.6 Å². The molecule has 0 unspecified atom stereocenters. The molecule has 0 saturated heterocycles. The number of anilines is 1. The van der Waals surface area contributed by atoms with Gasteiger partial charge in [0.15, 0.2) is 0 Å². The second-order valence-electron chi connectivity index (χ2n) is 4.91. The molecular weight excluding hydrogens is 240 g/mol. The number of carbonyl (C=O) groups is 1. The lowest BCUT2D eigenvalue weighted by Gasteiger charge is -2.22. The highest BCUT2D eigenvalue weighted by molar-refractivity contribution is 5.99. The standard InChI is InChI=1S/C14H24N4O/c1-10-9-11(2)17-14(12(10)13(16)19)18(3)8-6-4-5-7-15/h9H,4-8,15H2,1-3H3,(H2,16,19). The van der Waals surface area contributed by atoms with Crippen molar-refractivity contribution in [3.63, 3.8) is 0 Å². The molecule has 0 saturated carbocycles. The van der Waals surface area contributed by atoms with Gasteiger partial charge in [0, 0.05) is 19.3 Å². The van der Waals surface area contributed by atoms with Gasteiger partial charge in [0.05, 0.1) is 5.56 Å². The predicted molar refractivity (Wildman–Crippen MR) is 78.4 cm³/mol. The molecule has 1 aromatic rings. The minimum Gasteiger partial charge on any atom is -0.365 e. The largest absolute Gasteiger partial charge is 0.365 e. The lowest BCUT2D eigenvalue weighted by Crippen LogP contribution is -2.26. The van der Waals surface area contributed by atoms with Gasteiger partial charge >= 0.3 is 0 Å². The average molecular weight is 264 g/mol. The molecule has 106 valence electrons. The SMILES string of the molecule is Cc1cc(C)c(C(N)=O)c(N(C)CCCCCN)n1. The zero-order valence-corrected chi connectivity index (χ0v) is 12.1. The van der Waals surface area contributed by atoms with Crippen molar-refractivity contribution < 1.29 is 4.79 Å². The van der Waals surface area contributed by atoms with Crippen LogP contribution in [0.2, 0.25) is 0 Å². The predicted octanol–water partition coefficient (Wildman–Crippen LogP) is 1.36. The molecule has 0 atom stereocenters. The summed E-state index contributed by atoms with van der Waals surface area (Å²) in [5.41, 5.74) is 13.2. The van der Waals surface area contributed by atoms with E-state index in [0.29, 0.717) is 11.4 Å². The fourth-order valence-corrected chi connectivity index (χ4v) is 2.17. The summed E-state index contributed by atoms with van der Waals surface area (Å²) < 4.78 is 0. The fourth-order valence-electron chi connectivity index (χ4n) is 2.17. The molecule has 1 aromatic heterocycles. The molecule has 1 heterocycles. The summed E-state index contributed by atoms with van der Waals surface area (Å²) in [5, 5.41) is 0. The summed E-state index contributed by atoms with van der Waals surface area (Å²) in [4.78, 5) is 18.0. The van der Waals surface area contributed by atoms with Crippen LogP contribution in [0.4, 0.5) is 5.82 Å². The van der Waals surface area contributed by atoms with Crippen LogP contribution in [0.15, 0.2) is 6.07 Å². The highest BCUT2D eigenvalue weighted by Crippen LogP contribution is 2.21. The van der Waals surface area contributed by atoms with E-state index in [4.69, 9.17) is 11.5 Å². The minimum absolute atomic E-state index is 0.422. The average Bonchev–Trinajstić information content (AvgIpc) is 2.32. The molecule has 0 bridgehead atoms. The van der Waals surface area contributed by atoms with Gasteiger partial charge in [-0.1, -0.05) is 6.42 Å². The number of hydrogen-bond donors (Lipinski definition) is 2. The molecule has 0 aliphatic rings. The Balaban J connectivity index is 2.88. The second kappa shape index (κ2) is 7.09. The zero-order chi connectivity index (χ0) is 14.4. The van der Waals surface area contributed by atoms with Gasteiger partial charge in [-0.15, -0.1) is 0 Å². The Morgan fingerprint density at radius 1 is 1.32 bits per heavy atom. The molecule has 0 aliphatic heterocycles. The van der Waals surface area contributed by atoms with Crippen molar-refractivity contribution in [3.8, 4) is 0 Å². The van der Waals surface area contributed by atoms with Gasteiger partial charge < -0.3 is 16.4 Å². The van der Waals surface area contributed by atoms with Crippen LogP contribution in [0.1, 0.15) is 40.9 Å². The first-order valence-corrected chi connectivity index (χ1v) is 6.66. The minimum atomic E-state index is -0.422. The van der Waals surface area contributed by atoms with Gasteiger partial charge in [-0.05, 0) is 44.9 Å². The highest BCUT2D eigenvalue weighted by atomic mass is 16.1. The monoisotopic (exact) mass is 264 g/mol. The lowest BCUT2D eigenvalue weighted by molar-refractivity contribution is 0.1000. The first-order valence-electron chi connectivity index (χ1n) is 6.66. The molecule has 1 rings (SSSR count). The van der Waals surface area contributed by atoms with Crippen LogP contribution < -0.4 is 16.4 Å². The number of pyridine rings is 1. The van der Waals surface area contributed by atoms with Crippen molar-refractivity contribution in [1.29, 1.82) is 0 Å². The van der Waals surface area contributed by atoms with Crippen LogP contribution in [-0.2, 0) is 0 Å². The van der Waals surface area contributed by atoms with Crippen LogP contribution in [0.25, 0.3) is 0 Å². The van der Waals surface area contributed by atoms with E-state index in [-0.39, 0.29) is 0 Å². The Hall–Kier alpha value is -1.62. The third-order valence-electron chi connectivity index (χ3n) is 3.13. The van der Waals surface area contributed by atoms with Crippen LogP contribution in [-0.4, -0.2) is 31.0 Å². The van der Waals surface area contributed by atoms with E-state index in [1.165, 1.54) is 0 Å². The van der Waals surface area contributed by atoms with Crippen molar-refractivity contribution in [2.24, 2.45) is 11.5 Å². The first kappa shape index (κ1) is 15.4. The van der Waals surface area contributed by atoms with E-state index >= 15 is 0 Å². The number of unbranched alkanes of at least 4 members (excludes halogenated alkanes) is 2.